The fraction of sp³-hybridized carbons (Fsp3) is 1.00. The molecular weight excluding hydrogens is 280 g/mol. The SMILES string of the molecule is CC(C)(C)OCC(C)(CC(C)(C)OCCCO)OC(C)(C)C. The molecule has 0 aromatic rings. The summed E-state index contributed by atoms with van der Waals surface area (Å²) < 4.78 is 18.2. The van der Waals surface area contributed by atoms with Crippen LogP contribution in [0.3, 0.4) is 0 Å². The molecule has 0 aliphatic heterocycles. The van der Waals surface area contributed by atoms with Crippen LogP contribution >= 0.6 is 0 Å². The molecule has 0 heterocycles. The zero-order valence-electron chi connectivity index (χ0n) is 16.2. The van der Waals surface area contributed by atoms with E-state index in [1.807, 2.05) is 20.8 Å². The third kappa shape index (κ3) is 11.4. The zero-order valence-corrected chi connectivity index (χ0v) is 16.2. The number of aliphatic hydroxyl groups excluding tert-OH is 1. The van der Waals surface area contributed by atoms with E-state index in [0.29, 0.717) is 19.6 Å². The van der Waals surface area contributed by atoms with Crippen molar-refractivity contribution in [2.75, 3.05) is 19.8 Å². The van der Waals surface area contributed by atoms with Crippen molar-refractivity contribution in [1.29, 1.82) is 0 Å². The fourth-order valence-electron chi connectivity index (χ4n) is 2.59. The van der Waals surface area contributed by atoms with Crippen LogP contribution in [0.25, 0.3) is 0 Å². The molecule has 0 bridgehead atoms. The molecule has 0 amide bonds. The van der Waals surface area contributed by atoms with E-state index in [-0.39, 0.29) is 23.4 Å². The highest BCUT2D eigenvalue weighted by atomic mass is 16.6. The molecule has 0 aromatic carbocycles. The molecule has 0 spiro atoms. The highest BCUT2D eigenvalue weighted by Gasteiger charge is 2.38. The van der Waals surface area contributed by atoms with Gasteiger partial charge in [-0.1, -0.05) is 0 Å². The molecule has 0 aromatic heterocycles. The molecular formula is C18H38O4. The highest BCUT2D eigenvalue weighted by molar-refractivity contribution is 4.88. The number of hydrogen-bond donors (Lipinski definition) is 1. The lowest BCUT2D eigenvalue weighted by Crippen LogP contribution is -2.48. The van der Waals surface area contributed by atoms with Crippen molar-refractivity contribution in [3.63, 3.8) is 0 Å². The second-order valence-corrected chi connectivity index (χ2v) is 8.93. The first-order chi connectivity index (χ1) is 9.68. The molecule has 0 radical (unpaired) electrons. The first kappa shape index (κ1) is 21.8. The second kappa shape index (κ2) is 8.09. The summed E-state index contributed by atoms with van der Waals surface area (Å²) in [6, 6.07) is 0. The number of hydrogen-bond acceptors (Lipinski definition) is 4. The second-order valence-electron chi connectivity index (χ2n) is 8.93. The molecule has 0 saturated heterocycles. The van der Waals surface area contributed by atoms with Gasteiger partial charge in [0.25, 0.3) is 0 Å². The van der Waals surface area contributed by atoms with Crippen LogP contribution < -0.4 is 0 Å². The van der Waals surface area contributed by atoms with Gasteiger partial charge in [-0.05, 0) is 68.7 Å². The molecule has 1 unspecified atom stereocenters. The number of rotatable bonds is 9. The van der Waals surface area contributed by atoms with Crippen LogP contribution in [0, 0.1) is 0 Å². The Balaban J connectivity index is 4.90. The predicted octanol–water partition coefficient (Wildman–Crippen LogP) is 3.94. The van der Waals surface area contributed by atoms with Crippen molar-refractivity contribution in [3.8, 4) is 0 Å². The van der Waals surface area contributed by atoms with Gasteiger partial charge in [-0.15, -0.1) is 0 Å². The number of aliphatic hydroxyl groups is 1. The Morgan fingerprint density at radius 1 is 0.773 bits per heavy atom. The minimum atomic E-state index is -0.436. The Morgan fingerprint density at radius 2 is 1.32 bits per heavy atom. The lowest BCUT2D eigenvalue weighted by Gasteiger charge is -2.42. The van der Waals surface area contributed by atoms with E-state index < -0.39 is 5.60 Å². The summed E-state index contributed by atoms with van der Waals surface area (Å²) in [4.78, 5) is 0. The monoisotopic (exact) mass is 318 g/mol. The van der Waals surface area contributed by atoms with Crippen LogP contribution in [0.5, 0.6) is 0 Å². The van der Waals surface area contributed by atoms with Gasteiger partial charge in [0.15, 0.2) is 0 Å². The summed E-state index contributed by atoms with van der Waals surface area (Å²) in [6.45, 7) is 19.7. The third-order valence-corrected chi connectivity index (χ3v) is 2.96. The van der Waals surface area contributed by atoms with E-state index >= 15 is 0 Å². The number of ether oxygens (including phenoxy) is 3. The summed E-state index contributed by atoms with van der Waals surface area (Å²) in [5.41, 5.74) is -1.23. The van der Waals surface area contributed by atoms with Crippen LogP contribution in [-0.2, 0) is 14.2 Å². The molecule has 1 N–H and O–H groups in total. The topological polar surface area (TPSA) is 47.9 Å². The van der Waals surface area contributed by atoms with Crippen molar-refractivity contribution in [2.24, 2.45) is 0 Å². The summed E-state index contributed by atoms with van der Waals surface area (Å²) in [5.74, 6) is 0. The van der Waals surface area contributed by atoms with E-state index in [4.69, 9.17) is 19.3 Å². The molecule has 0 fully saturated rings. The minimum Gasteiger partial charge on any atom is -0.396 e. The summed E-state index contributed by atoms with van der Waals surface area (Å²) in [5, 5.41) is 8.90. The van der Waals surface area contributed by atoms with E-state index in [1.165, 1.54) is 0 Å². The van der Waals surface area contributed by atoms with Crippen LogP contribution in [0.2, 0.25) is 0 Å². The van der Waals surface area contributed by atoms with Crippen LogP contribution in [0.15, 0.2) is 0 Å². The Labute approximate surface area is 137 Å². The predicted molar refractivity (Wildman–Crippen MR) is 91.3 cm³/mol. The van der Waals surface area contributed by atoms with Gasteiger partial charge in [-0.3, -0.25) is 0 Å². The Morgan fingerprint density at radius 3 is 1.73 bits per heavy atom. The van der Waals surface area contributed by atoms with Crippen LogP contribution in [0.1, 0.15) is 75.2 Å². The van der Waals surface area contributed by atoms with Crippen molar-refractivity contribution in [2.45, 2.75) is 97.6 Å². The van der Waals surface area contributed by atoms with Gasteiger partial charge in [-0.2, -0.15) is 0 Å². The maximum absolute atomic E-state index is 8.90. The first-order valence-electron chi connectivity index (χ1n) is 8.27. The van der Waals surface area contributed by atoms with Gasteiger partial charge in [0, 0.05) is 19.6 Å². The zero-order chi connectivity index (χ0) is 17.7. The maximum Gasteiger partial charge on any atom is 0.0921 e. The molecule has 134 valence electrons. The van der Waals surface area contributed by atoms with Crippen molar-refractivity contribution in [1.82, 2.24) is 0 Å². The van der Waals surface area contributed by atoms with Crippen molar-refractivity contribution >= 4 is 0 Å². The quantitative estimate of drug-likeness (QED) is 0.654. The van der Waals surface area contributed by atoms with E-state index in [1.54, 1.807) is 0 Å². The van der Waals surface area contributed by atoms with Crippen molar-refractivity contribution in [3.05, 3.63) is 0 Å². The summed E-state index contributed by atoms with van der Waals surface area (Å²) >= 11 is 0. The maximum atomic E-state index is 8.90. The fourth-order valence-corrected chi connectivity index (χ4v) is 2.59. The van der Waals surface area contributed by atoms with Gasteiger partial charge in [0.1, 0.15) is 0 Å². The van der Waals surface area contributed by atoms with Crippen LogP contribution in [0.4, 0.5) is 0 Å². The molecule has 1 atom stereocenters. The Kier molecular flexibility index (Phi) is 8.03. The van der Waals surface area contributed by atoms with Crippen LogP contribution in [-0.4, -0.2) is 47.3 Å². The lowest BCUT2D eigenvalue weighted by atomic mass is 9.90. The minimum absolute atomic E-state index is 0.152. The highest BCUT2D eigenvalue weighted by Crippen LogP contribution is 2.32. The summed E-state index contributed by atoms with van der Waals surface area (Å²) in [7, 11) is 0. The molecule has 22 heavy (non-hydrogen) atoms. The molecule has 0 rings (SSSR count). The molecule has 4 nitrogen and oxygen atoms in total. The molecule has 4 heteroatoms. The lowest BCUT2D eigenvalue weighted by molar-refractivity contribution is -0.197. The van der Waals surface area contributed by atoms with Gasteiger partial charge in [-0.25, -0.2) is 0 Å². The Bertz CT molecular complexity index is 312. The first-order valence-corrected chi connectivity index (χ1v) is 8.27. The van der Waals surface area contributed by atoms with E-state index in [9.17, 15) is 0 Å². The van der Waals surface area contributed by atoms with Crippen molar-refractivity contribution < 1.29 is 19.3 Å². The normalized spacial score (nSPS) is 16.6. The van der Waals surface area contributed by atoms with Gasteiger partial charge in [0.2, 0.25) is 0 Å². The van der Waals surface area contributed by atoms with Gasteiger partial charge < -0.3 is 19.3 Å². The summed E-state index contributed by atoms with van der Waals surface area (Å²) in [6.07, 6.45) is 1.37. The third-order valence-electron chi connectivity index (χ3n) is 2.96. The smallest absolute Gasteiger partial charge is 0.0921 e. The molecule has 0 saturated carbocycles. The van der Waals surface area contributed by atoms with E-state index in [0.717, 1.165) is 6.42 Å². The van der Waals surface area contributed by atoms with Gasteiger partial charge >= 0.3 is 0 Å². The average Bonchev–Trinajstić information content (AvgIpc) is 2.22. The average molecular weight is 318 g/mol. The molecule has 0 aliphatic rings. The largest absolute Gasteiger partial charge is 0.396 e. The van der Waals surface area contributed by atoms with Gasteiger partial charge in [0.05, 0.1) is 29.0 Å². The standard InChI is InChI=1S/C18H38O4/c1-15(2,3)21-14-18(9,22-16(4,5)6)13-17(7,8)20-12-10-11-19/h19H,10-14H2,1-9H3. The molecule has 0 aliphatic carbocycles. The van der Waals surface area contributed by atoms with E-state index in [2.05, 4.69) is 41.5 Å². The Hall–Kier alpha value is -0.160.